The van der Waals surface area contributed by atoms with Crippen LogP contribution in [0.1, 0.15) is 6.42 Å². The van der Waals surface area contributed by atoms with Gasteiger partial charge < -0.3 is 16.4 Å². The van der Waals surface area contributed by atoms with Crippen molar-refractivity contribution < 1.29 is 9.59 Å². The van der Waals surface area contributed by atoms with Crippen LogP contribution in [0, 0.1) is 0 Å². The zero-order valence-corrected chi connectivity index (χ0v) is 13.2. The molecule has 120 valence electrons. The summed E-state index contributed by atoms with van der Waals surface area (Å²) in [6.45, 7) is 0. The van der Waals surface area contributed by atoms with Gasteiger partial charge in [0.1, 0.15) is 5.50 Å². The van der Waals surface area contributed by atoms with Crippen molar-refractivity contribution in [2.75, 3.05) is 11.1 Å². The van der Waals surface area contributed by atoms with Crippen LogP contribution in [0.25, 0.3) is 10.8 Å². The standard InChI is InChI=1S/C16H18N4O2S/c17-13-8-14(21)20-16(19-13)23-9-15(22)18-12-6-5-10-3-1-2-4-11(10)7-12/h1-7,13,16,19H,8-9,17H2,(H,18,22)(H,20,21). The summed E-state index contributed by atoms with van der Waals surface area (Å²) in [6, 6.07) is 13.8. The molecule has 2 unspecified atom stereocenters. The van der Waals surface area contributed by atoms with Crippen LogP contribution in [-0.2, 0) is 9.59 Å². The first-order chi connectivity index (χ1) is 11.1. The Bertz CT molecular complexity index is 737. The lowest BCUT2D eigenvalue weighted by molar-refractivity contribution is -0.123. The molecule has 0 aliphatic carbocycles. The summed E-state index contributed by atoms with van der Waals surface area (Å²) in [5.74, 6) is -0.0125. The molecule has 1 aliphatic heterocycles. The van der Waals surface area contributed by atoms with Crippen LogP contribution in [0.4, 0.5) is 5.69 Å². The second kappa shape index (κ2) is 6.99. The van der Waals surface area contributed by atoms with Crippen molar-refractivity contribution in [2.45, 2.75) is 18.1 Å². The van der Waals surface area contributed by atoms with E-state index >= 15 is 0 Å². The van der Waals surface area contributed by atoms with Crippen LogP contribution >= 0.6 is 11.8 Å². The van der Waals surface area contributed by atoms with Crippen molar-refractivity contribution in [1.82, 2.24) is 10.6 Å². The molecule has 0 aromatic heterocycles. The van der Waals surface area contributed by atoms with Crippen molar-refractivity contribution in [3.05, 3.63) is 42.5 Å². The highest BCUT2D eigenvalue weighted by molar-refractivity contribution is 8.00. The zero-order chi connectivity index (χ0) is 16.2. The molecule has 1 fully saturated rings. The molecule has 2 amide bonds. The maximum Gasteiger partial charge on any atom is 0.234 e. The van der Waals surface area contributed by atoms with Crippen LogP contribution in [0.15, 0.2) is 42.5 Å². The van der Waals surface area contributed by atoms with E-state index in [1.165, 1.54) is 11.8 Å². The normalized spacial score (nSPS) is 21.0. The Morgan fingerprint density at radius 1 is 1.26 bits per heavy atom. The van der Waals surface area contributed by atoms with Gasteiger partial charge in [0.15, 0.2) is 0 Å². The van der Waals surface area contributed by atoms with Gasteiger partial charge in [0, 0.05) is 5.69 Å². The minimum absolute atomic E-state index is 0.108. The Hall–Kier alpha value is -2.09. The lowest BCUT2D eigenvalue weighted by Gasteiger charge is -2.28. The summed E-state index contributed by atoms with van der Waals surface area (Å²) in [5.41, 5.74) is 6.13. The largest absolute Gasteiger partial charge is 0.332 e. The third kappa shape index (κ3) is 4.22. The number of fused-ring (bicyclic) bond motifs is 1. The maximum absolute atomic E-state index is 12.1. The van der Waals surface area contributed by atoms with Crippen LogP contribution < -0.4 is 21.7 Å². The van der Waals surface area contributed by atoms with E-state index in [0.29, 0.717) is 0 Å². The maximum atomic E-state index is 12.1. The smallest absolute Gasteiger partial charge is 0.234 e. The minimum Gasteiger partial charge on any atom is -0.332 e. The number of thioether (sulfide) groups is 1. The number of nitrogens with two attached hydrogens (primary N) is 1. The topological polar surface area (TPSA) is 96.2 Å². The first-order valence-electron chi connectivity index (χ1n) is 7.31. The third-order valence-electron chi connectivity index (χ3n) is 3.48. The van der Waals surface area contributed by atoms with Crippen molar-refractivity contribution in [3.8, 4) is 0 Å². The predicted octanol–water partition coefficient (Wildman–Crippen LogP) is 1.19. The molecule has 2 aromatic rings. The quantitative estimate of drug-likeness (QED) is 0.675. The summed E-state index contributed by atoms with van der Waals surface area (Å²) in [6.07, 6.45) is -0.120. The molecule has 0 spiro atoms. The minimum atomic E-state index is -0.371. The number of carbonyl (C=O) groups is 2. The van der Waals surface area contributed by atoms with Crippen molar-refractivity contribution in [2.24, 2.45) is 5.73 Å². The summed E-state index contributed by atoms with van der Waals surface area (Å²) < 4.78 is 0. The van der Waals surface area contributed by atoms with Gasteiger partial charge in [-0.2, -0.15) is 0 Å². The molecule has 3 rings (SSSR count). The molecule has 5 N–H and O–H groups in total. The van der Waals surface area contributed by atoms with Gasteiger partial charge >= 0.3 is 0 Å². The Morgan fingerprint density at radius 3 is 2.83 bits per heavy atom. The molecule has 1 saturated heterocycles. The zero-order valence-electron chi connectivity index (χ0n) is 12.4. The van der Waals surface area contributed by atoms with Gasteiger partial charge in [-0.25, -0.2) is 0 Å². The Morgan fingerprint density at radius 2 is 2.04 bits per heavy atom. The lowest BCUT2D eigenvalue weighted by Crippen LogP contribution is -2.58. The van der Waals surface area contributed by atoms with E-state index in [-0.39, 0.29) is 35.7 Å². The van der Waals surface area contributed by atoms with E-state index in [1.807, 2.05) is 42.5 Å². The van der Waals surface area contributed by atoms with Crippen molar-refractivity contribution in [3.63, 3.8) is 0 Å². The van der Waals surface area contributed by atoms with Crippen LogP contribution in [0.2, 0.25) is 0 Å². The summed E-state index contributed by atoms with van der Waals surface area (Å²) in [4.78, 5) is 23.4. The van der Waals surface area contributed by atoms with Gasteiger partial charge in [-0.1, -0.05) is 30.3 Å². The predicted molar refractivity (Wildman–Crippen MR) is 92.7 cm³/mol. The fourth-order valence-corrected chi connectivity index (χ4v) is 3.29. The summed E-state index contributed by atoms with van der Waals surface area (Å²) in [7, 11) is 0. The van der Waals surface area contributed by atoms with E-state index in [9.17, 15) is 9.59 Å². The highest BCUT2D eigenvalue weighted by atomic mass is 32.2. The third-order valence-corrected chi connectivity index (χ3v) is 4.49. The number of amides is 2. The number of carbonyl (C=O) groups excluding carboxylic acids is 2. The van der Waals surface area contributed by atoms with Crippen LogP contribution in [0.5, 0.6) is 0 Å². The molecule has 0 radical (unpaired) electrons. The van der Waals surface area contributed by atoms with Gasteiger partial charge in [-0.3, -0.25) is 14.9 Å². The molecule has 0 bridgehead atoms. The van der Waals surface area contributed by atoms with E-state index < -0.39 is 0 Å². The second-order valence-electron chi connectivity index (χ2n) is 5.35. The molecule has 6 nitrogen and oxygen atoms in total. The molecular formula is C16H18N4O2S. The average molecular weight is 330 g/mol. The monoisotopic (exact) mass is 330 g/mol. The lowest BCUT2D eigenvalue weighted by atomic mass is 10.1. The molecule has 2 aromatic carbocycles. The first kappa shape index (κ1) is 15.8. The SMILES string of the molecule is NC1CC(=O)NC(SCC(=O)Nc2ccc3ccccc3c2)N1. The average Bonchev–Trinajstić information content (AvgIpc) is 2.52. The Labute approximate surface area is 138 Å². The van der Waals surface area contributed by atoms with Gasteiger partial charge in [-0.05, 0) is 22.9 Å². The highest BCUT2D eigenvalue weighted by Gasteiger charge is 2.23. The molecule has 1 heterocycles. The van der Waals surface area contributed by atoms with Gasteiger partial charge in [0.2, 0.25) is 11.8 Å². The molecule has 7 heteroatoms. The Balaban J connectivity index is 1.55. The molecule has 2 atom stereocenters. The van der Waals surface area contributed by atoms with Crippen LogP contribution in [0.3, 0.4) is 0 Å². The van der Waals surface area contributed by atoms with E-state index in [1.54, 1.807) is 0 Å². The fraction of sp³-hybridized carbons (Fsp3) is 0.250. The first-order valence-corrected chi connectivity index (χ1v) is 8.36. The number of anilines is 1. The van der Waals surface area contributed by atoms with E-state index in [4.69, 9.17) is 5.73 Å². The number of benzene rings is 2. The van der Waals surface area contributed by atoms with Gasteiger partial charge in [0.05, 0.1) is 18.3 Å². The number of rotatable bonds is 4. The van der Waals surface area contributed by atoms with Gasteiger partial charge in [-0.15, -0.1) is 11.8 Å². The second-order valence-corrected chi connectivity index (χ2v) is 6.44. The number of hydrogen-bond acceptors (Lipinski definition) is 5. The van der Waals surface area contributed by atoms with Crippen LogP contribution in [-0.4, -0.2) is 29.2 Å². The molecule has 23 heavy (non-hydrogen) atoms. The molecular weight excluding hydrogens is 312 g/mol. The van der Waals surface area contributed by atoms with Gasteiger partial charge in [0.25, 0.3) is 0 Å². The molecule has 0 saturated carbocycles. The number of nitrogens with one attached hydrogen (secondary N) is 3. The Kier molecular flexibility index (Phi) is 4.80. The van der Waals surface area contributed by atoms with E-state index in [2.05, 4.69) is 16.0 Å². The molecule has 1 aliphatic rings. The van der Waals surface area contributed by atoms with Crippen molar-refractivity contribution >= 4 is 40.0 Å². The number of hydrogen-bond donors (Lipinski definition) is 4. The summed E-state index contributed by atoms with van der Waals surface area (Å²) in [5, 5.41) is 10.8. The van der Waals surface area contributed by atoms with E-state index in [0.717, 1.165) is 16.5 Å². The van der Waals surface area contributed by atoms with Crippen molar-refractivity contribution in [1.29, 1.82) is 0 Å². The highest BCUT2D eigenvalue weighted by Crippen LogP contribution is 2.19. The summed E-state index contributed by atoms with van der Waals surface area (Å²) >= 11 is 1.30. The fourth-order valence-electron chi connectivity index (χ4n) is 2.41.